The third-order valence-electron chi connectivity index (χ3n) is 9.10. The molecule has 0 aliphatic carbocycles. The number of anilines is 1. The number of nitrogens with two attached hydrogens (primary N) is 1. The maximum atomic E-state index is 14.4. The molecule has 2 aromatic heterocycles. The van der Waals surface area contributed by atoms with E-state index in [9.17, 15) is 19.6 Å². The Bertz CT molecular complexity index is 1730. The molecule has 0 spiro atoms. The zero-order valence-corrected chi connectivity index (χ0v) is 29.9. The molecule has 1 saturated heterocycles. The molecule has 2 aromatic carbocycles. The van der Waals surface area contributed by atoms with Crippen LogP contribution in [0.1, 0.15) is 89.9 Å². The van der Waals surface area contributed by atoms with E-state index in [0.29, 0.717) is 22.3 Å². The average molecular weight is 711 g/mol. The van der Waals surface area contributed by atoms with Gasteiger partial charge >= 0.3 is 13.7 Å². The molecule has 13 heteroatoms. The van der Waals surface area contributed by atoms with Crippen LogP contribution in [-0.2, 0) is 23.4 Å². The summed E-state index contributed by atoms with van der Waals surface area (Å²) in [6.45, 7) is 3.58. The highest BCUT2D eigenvalue weighted by Gasteiger charge is 2.46. The number of unbranched alkanes of at least 4 members (excludes halogenated alkanes) is 9. The van der Waals surface area contributed by atoms with Gasteiger partial charge in [-0.3, -0.25) is 9.32 Å². The minimum absolute atomic E-state index is 0.257. The number of nitrogens with zero attached hydrogens (tertiary/aromatic N) is 2. The predicted molar refractivity (Wildman–Crippen MR) is 193 cm³/mol. The van der Waals surface area contributed by atoms with Crippen LogP contribution in [0.2, 0.25) is 0 Å². The number of ether oxygens (including phenoxy) is 2. The fourth-order valence-corrected chi connectivity index (χ4v) is 7.77. The van der Waals surface area contributed by atoms with Crippen molar-refractivity contribution in [2.24, 2.45) is 0 Å². The summed E-state index contributed by atoms with van der Waals surface area (Å²) < 4.78 is 39.4. The Morgan fingerprint density at radius 3 is 2.42 bits per heavy atom. The number of nitrogens with one attached hydrogen (secondary N) is 1. The lowest BCUT2D eigenvalue weighted by Crippen LogP contribution is -2.37. The SMILES string of the molecule is CCCCCCCCCCCCOC(=O)[C@H](C)NP(=O)(OC[C@H]1O[C@@H](c2ccc3c(N)ccnn23)[C@H](O)[C@@H]1O)Oc1cccc2ccccc12. The second-order valence-corrected chi connectivity index (χ2v) is 14.7. The Morgan fingerprint density at radius 2 is 1.66 bits per heavy atom. The molecular weight excluding hydrogens is 659 g/mol. The van der Waals surface area contributed by atoms with Crippen LogP contribution >= 0.6 is 7.75 Å². The van der Waals surface area contributed by atoms with Gasteiger partial charge in [-0.05, 0) is 43.0 Å². The molecule has 4 aromatic rings. The molecule has 6 atom stereocenters. The van der Waals surface area contributed by atoms with Gasteiger partial charge in [0.1, 0.15) is 36.2 Å². The maximum Gasteiger partial charge on any atom is 0.459 e. The first-order valence-corrected chi connectivity index (χ1v) is 19.3. The number of aromatic nitrogens is 2. The summed E-state index contributed by atoms with van der Waals surface area (Å²) in [4.78, 5) is 13.0. The molecule has 272 valence electrons. The first-order valence-electron chi connectivity index (χ1n) is 17.8. The van der Waals surface area contributed by atoms with Gasteiger partial charge in [0.2, 0.25) is 0 Å². The fourth-order valence-electron chi connectivity index (χ4n) is 6.25. The van der Waals surface area contributed by atoms with E-state index in [1.165, 1.54) is 62.6 Å². The number of aliphatic hydroxyl groups excluding tert-OH is 2. The molecule has 5 rings (SSSR count). The number of esters is 1. The van der Waals surface area contributed by atoms with Crippen LogP contribution in [0.25, 0.3) is 16.3 Å². The summed E-state index contributed by atoms with van der Waals surface area (Å²) in [6.07, 6.45) is 8.38. The van der Waals surface area contributed by atoms with E-state index in [4.69, 9.17) is 24.3 Å². The van der Waals surface area contributed by atoms with Crippen LogP contribution in [0.3, 0.4) is 0 Å². The van der Waals surface area contributed by atoms with Crippen LogP contribution in [0, 0.1) is 0 Å². The molecule has 50 heavy (non-hydrogen) atoms. The van der Waals surface area contributed by atoms with Crippen LogP contribution in [0.15, 0.2) is 66.9 Å². The van der Waals surface area contributed by atoms with Gasteiger partial charge in [0.15, 0.2) is 0 Å². The van der Waals surface area contributed by atoms with Crippen molar-refractivity contribution in [3.8, 4) is 5.75 Å². The Labute approximate surface area is 293 Å². The average Bonchev–Trinajstić information content (AvgIpc) is 3.67. The zero-order valence-electron chi connectivity index (χ0n) is 29.0. The number of nitrogen functional groups attached to an aromatic ring is 1. The molecule has 0 radical (unpaired) electrons. The van der Waals surface area contributed by atoms with E-state index < -0.39 is 50.8 Å². The third-order valence-corrected chi connectivity index (χ3v) is 10.7. The lowest BCUT2D eigenvalue weighted by molar-refractivity contribution is -0.145. The van der Waals surface area contributed by atoms with Gasteiger partial charge in [-0.25, -0.2) is 9.08 Å². The summed E-state index contributed by atoms with van der Waals surface area (Å²) in [6, 6.07) is 16.8. The first-order chi connectivity index (χ1) is 24.2. The van der Waals surface area contributed by atoms with E-state index in [1.54, 1.807) is 30.3 Å². The monoisotopic (exact) mass is 710 g/mol. The number of fused-ring (bicyclic) bond motifs is 2. The van der Waals surface area contributed by atoms with E-state index >= 15 is 0 Å². The largest absolute Gasteiger partial charge is 0.465 e. The first kappa shape index (κ1) is 37.7. The number of benzene rings is 2. The molecule has 1 unspecified atom stereocenters. The lowest BCUT2D eigenvalue weighted by atomic mass is 10.1. The molecule has 1 aliphatic rings. The Hall–Kier alpha value is -3.51. The Balaban J connectivity index is 1.20. The van der Waals surface area contributed by atoms with Gasteiger partial charge in [0.05, 0.1) is 30.1 Å². The van der Waals surface area contributed by atoms with Gasteiger partial charge < -0.3 is 29.9 Å². The van der Waals surface area contributed by atoms with Crippen molar-refractivity contribution in [2.45, 2.75) is 109 Å². The van der Waals surface area contributed by atoms with Crippen LogP contribution in [-0.4, -0.2) is 63.4 Å². The Kier molecular flexibility index (Phi) is 13.7. The summed E-state index contributed by atoms with van der Waals surface area (Å²) in [5.41, 5.74) is 7.66. The number of aliphatic hydroxyl groups is 2. The molecule has 5 N–H and O–H groups in total. The van der Waals surface area contributed by atoms with E-state index in [-0.39, 0.29) is 12.4 Å². The quantitative estimate of drug-likeness (QED) is 0.0429. The topological polar surface area (TPSA) is 167 Å². The summed E-state index contributed by atoms with van der Waals surface area (Å²) in [7, 11) is -4.31. The molecule has 0 amide bonds. The van der Waals surface area contributed by atoms with Crippen molar-refractivity contribution in [3.63, 3.8) is 0 Å². The van der Waals surface area contributed by atoms with Crippen LogP contribution in [0.5, 0.6) is 5.75 Å². The molecular formula is C37H51N4O8P. The van der Waals surface area contributed by atoms with Crippen molar-refractivity contribution >= 4 is 35.7 Å². The highest BCUT2D eigenvalue weighted by molar-refractivity contribution is 7.52. The van der Waals surface area contributed by atoms with Gasteiger partial charge in [0.25, 0.3) is 0 Å². The number of carbonyl (C=O) groups excluding carboxylic acids is 1. The third kappa shape index (κ3) is 9.63. The smallest absolute Gasteiger partial charge is 0.459 e. The maximum absolute atomic E-state index is 14.4. The molecule has 1 aliphatic heterocycles. The van der Waals surface area contributed by atoms with E-state index in [1.807, 2.05) is 30.3 Å². The predicted octanol–water partition coefficient (Wildman–Crippen LogP) is 6.88. The highest BCUT2D eigenvalue weighted by atomic mass is 31.2. The van der Waals surface area contributed by atoms with Crippen LogP contribution < -0.4 is 15.3 Å². The molecule has 3 heterocycles. The Morgan fingerprint density at radius 1 is 0.960 bits per heavy atom. The normalized spacial score (nSPS) is 21.0. The minimum atomic E-state index is -4.31. The lowest BCUT2D eigenvalue weighted by Gasteiger charge is -2.25. The highest BCUT2D eigenvalue weighted by Crippen LogP contribution is 2.48. The second kappa shape index (κ2) is 18.1. The van der Waals surface area contributed by atoms with Crippen LogP contribution in [0.4, 0.5) is 5.69 Å². The fraction of sp³-hybridized carbons (Fsp3) is 0.514. The van der Waals surface area contributed by atoms with E-state index in [2.05, 4.69) is 17.1 Å². The zero-order chi connectivity index (χ0) is 35.5. The summed E-state index contributed by atoms with van der Waals surface area (Å²) in [5, 5.41) is 30.5. The van der Waals surface area contributed by atoms with Crippen molar-refractivity contribution in [3.05, 3.63) is 72.6 Å². The number of rotatable bonds is 20. The van der Waals surface area contributed by atoms with Crippen molar-refractivity contribution in [2.75, 3.05) is 18.9 Å². The summed E-state index contributed by atoms with van der Waals surface area (Å²) in [5.74, 6) is -0.315. The van der Waals surface area contributed by atoms with Crippen molar-refractivity contribution < 1.29 is 38.1 Å². The molecule has 0 saturated carbocycles. The summed E-state index contributed by atoms with van der Waals surface area (Å²) >= 11 is 0. The molecule has 12 nitrogen and oxygen atoms in total. The van der Waals surface area contributed by atoms with Gasteiger partial charge in [-0.1, -0.05) is 101 Å². The molecule has 0 bridgehead atoms. The van der Waals surface area contributed by atoms with Crippen molar-refractivity contribution in [1.29, 1.82) is 0 Å². The number of hydrogen-bond donors (Lipinski definition) is 4. The molecule has 1 fully saturated rings. The second-order valence-electron chi connectivity index (χ2n) is 13.0. The minimum Gasteiger partial charge on any atom is -0.465 e. The van der Waals surface area contributed by atoms with E-state index in [0.717, 1.165) is 24.6 Å². The van der Waals surface area contributed by atoms with Gasteiger partial charge in [-0.15, -0.1) is 0 Å². The van der Waals surface area contributed by atoms with Gasteiger partial charge in [-0.2, -0.15) is 10.2 Å². The standard InChI is InChI=1S/C37H51N4O8P/c1-3-4-5-6-7-8-9-10-11-14-24-46-37(44)26(2)40-50(45,49-32-19-15-17-27-16-12-13-18-28(27)32)47-25-33-34(42)35(43)36(48-33)31-21-20-30-29(38)22-23-39-41(30)31/h12-13,15-23,26,33-36,42-43H,3-11,14,24-25,38H2,1-2H3,(H,40,45)/t26-,33+,34+,35+,36-,50?/m0/s1. The number of hydrogen-bond acceptors (Lipinski definition) is 10. The van der Waals surface area contributed by atoms with Crippen molar-refractivity contribution in [1.82, 2.24) is 14.7 Å². The number of carbonyl (C=O) groups is 1. The van der Waals surface area contributed by atoms with Gasteiger partial charge in [0, 0.05) is 11.6 Å².